The average Bonchev–Trinajstić information content (AvgIpc) is 3.29. The van der Waals surface area contributed by atoms with Crippen LogP contribution in [0.4, 0.5) is 0 Å². The predicted molar refractivity (Wildman–Crippen MR) is 121 cm³/mol. The van der Waals surface area contributed by atoms with E-state index < -0.39 is 0 Å². The largest absolute Gasteiger partial charge is 0.487 e. The van der Waals surface area contributed by atoms with Crippen LogP contribution in [0.5, 0.6) is 5.75 Å². The molecule has 7 nitrogen and oxygen atoms in total. The highest BCUT2D eigenvalue weighted by molar-refractivity contribution is 7.09. The Hall–Kier alpha value is -3.00. The van der Waals surface area contributed by atoms with Crippen LogP contribution in [-0.4, -0.2) is 32.2 Å². The zero-order valence-corrected chi connectivity index (χ0v) is 18.5. The van der Waals surface area contributed by atoms with Crippen molar-refractivity contribution in [2.45, 2.75) is 52.2 Å². The van der Waals surface area contributed by atoms with E-state index >= 15 is 0 Å². The molecule has 0 bridgehead atoms. The van der Waals surface area contributed by atoms with Gasteiger partial charge in [-0.2, -0.15) is 0 Å². The summed E-state index contributed by atoms with van der Waals surface area (Å²) in [6.07, 6.45) is 8.56. The lowest BCUT2D eigenvalue weighted by Gasteiger charge is -2.08. The number of hydrogen-bond donors (Lipinski definition) is 1. The molecule has 0 radical (unpaired) electrons. The monoisotopic (exact) mass is 437 g/mol. The summed E-state index contributed by atoms with van der Waals surface area (Å²) in [5.41, 5.74) is 1.76. The molecule has 0 aliphatic carbocycles. The fourth-order valence-corrected chi connectivity index (χ4v) is 4.23. The third-order valence-corrected chi connectivity index (χ3v) is 6.03. The Labute approximate surface area is 186 Å². The molecule has 1 N–H and O–H groups in total. The van der Waals surface area contributed by atoms with E-state index in [1.165, 1.54) is 12.8 Å². The van der Waals surface area contributed by atoms with Gasteiger partial charge in [-0.25, -0.2) is 4.98 Å². The van der Waals surface area contributed by atoms with Gasteiger partial charge in [0.25, 0.3) is 0 Å². The number of thiazole rings is 1. The number of benzene rings is 1. The van der Waals surface area contributed by atoms with Gasteiger partial charge in [-0.15, -0.1) is 21.5 Å². The Bertz CT molecular complexity index is 1060. The third kappa shape index (κ3) is 5.79. The van der Waals surface area contributed by atoms with E-state index in [4.69, 9.17) is 4.74 Å². The normalized spacial score (nSPS) is 13.7. The van der Waals surface area contributed by atoms with Gasteiger partial charge in [0.1, 0.15) is 24.0 Å². The van der Waals surface area contributed by atoms with Crippen LogP contribution < -0.4 is 10.1 Å². The lowest BCUT2D eigenvalue weighted by molar-refractivity contribution is -0.116. The van der Waals surface area contributed by atoms with E-state index in [2.05, 4.69) is 25.1 Å². The molecule has 3 aromatic rings. The quantitative estimate of drug-likeness (QED) is 0.543. The first-order chi connectivity index (χ1) is 15.2. The third-order valence-electron chi connectivity index (χ3n) is 5.21. The topological polar surface area (TPSA) is 81.9 Å². The fourth-order valence-electron chi connectivity index (χ4n) is 3.63. The average molecular weight is 438 g/mol. The molecule has 0 spiro atoms. The second kappa shape index (κ2) is 10.3. The van der Waals surface area contributed by atoms with Crippen LogP contribution in [0.1, 0.15) is 47.2 Å². The smallest absolute Gasteiger partial charge is 0.244 e. The van der Waals surface area contributed by atoms with Crippen LogP contribution >= 0.6 is 11.3 Å². The number of carbonyl (C=O) groups is 1. The number of carbonyl (C=O) groups excluding carboxylic acids is 1. The number of ether oxygens (including phenoxy) is 1. The van der Waals surface area contributed by atoms with Gasteiger partial charge >= 0.3 is 0 Å². The zero-order valence-electron chi connectivity index (χ0n) is 17.7. The molecule has 0 saturated heterocycles. The molecule has 31 heavy (non-hydrogen) atoms. The molecule has 4 rings (SSSR count). The van der Waals surface area contributed by atoms with Gasteiger partial charge in [0.15, 0.2) is 0 Å². The molecule has 0 unspecified atom stereocenters. The van der Waals surface area contributed by atoms with Crippen LogP contribution in [0, 0.1) is 6.92 Å². The molecule has 2 aromatic heterocycles. The predicted octanol–water partition coefficient (Wildman–Crippen LogP) is 3.72. The maximum Gasteiger partial charge on any atom is 0.244 e. The van der Waals surface area contributed by atoms with Gasteiger partial charge in [0.2, 0.25) is 5.91 Å². The van der Waals surface area contributed by atoms with Gasteiger partial charge in [-0.05, 0) is 31.9 Å². The van der Waals surface area contributed by atoms with Gasteiger partial charge in [-0.1, -0.05) is 24.6 Å². The van der Waals surface area contributed by atoms with Crippen molar-refractivity contribution in [3.05, 3.63) is 63.6 Å². The molecule has 1 aliphatic rings. The SMILES string of the molecule is Cc1nc(COc2ccccc2C=CC(=O)NCCc2nnc3n2CCCCC3)cs1. The van der Waals surface area contributed by atoms with Crippen molar-refractivity contribution in [3.63, 3.8) is 0 Å². The number of nitrogens with one attached hydrogen (secondary N) is 1. The van der Waals surface area contributed by atoms with Crippen molar-refractivity contribution in [1.82, 2.24) is 25.1 Å². The van der Waals surface area contributed by atoms with Crippen LogP contribution in [0.25, 0.3) is 6.08 Å². The minimum Gasteiger partial charge on any atom is -0.487 e. The molecule has 1 aliphatic heterocycles. The van der Waals surface area contributed by atoms with Crippen molar-refractivity contribution < 1.29 is 9.53 Å². The fraction of sp³-hybridized carbons (Fsp3) is 0.391. The summed E-state index contributed by atoms with van der Waals surface area (Å²) in [7, 11) is 0. The van der Waals surface area contributed by atoms with Crippen LogP contribution in [0.2, 0.25) is 0 Å². The van der Waals surface area contributed by atoms with E-state index in [1.54, 1.807) is 23.5 Å². The maximum atomic E-state index is 12.3. The minimum atomic E-state index is -0.138. The van der Waals surface area contributed by atoms with E-state index in [0.29, 0.717) is 19.6 Å². The molecule has 0 saturated carbocycles. The van der Waals surface area contributed by atoms with E-state index in [0.717, 1.165) is 53.0 Å². The molecule has 1 aromatic carbocycles. The molecule has 1 amide bonds. The molecular weight excluding hydrogens is 410 g/mol. The first-order valence-electron chi connectivity index (χ1n) is 10.7. The van der Waals surface area contributed by atoms with Gasteiger partial charge in [-0.3, -0.25) is 4.79 Å². The summed E-state index contributed by atoms with van der Waals surface area (Å²) in [6.45, 7) is 3.89. The maximum absolute atomic E-state index is 12.3. The Morgan fingerprint density at radius 2 is 2.16 bits per heavy atom. The minimum absolute atomic E-state index is 0.138. The first kappa shape index (κ1) is 21.2. The van der Waals surface area contributed by atoms with Crippen molar-refractivity contribution in [1.29, 1.82) is 0 Å². The number of para-hydroxylation sites is 1. The summed E-state index contributed by atoms with van der Waals surface area (Å²) in [5.74, 6) is 2.62. The van der Waals surface area contributed by atoms with Gasteiger partial charge in [0, 0.05) is 43.0 Å². The molecule has 8 heteroatoms. The van der Waals surface area contributed by atoms with Crippen LogP contribution in [0.15, 0.2) is 35.7 Å². The molecule has 0 atom stereocenters. The number of aryl methyl sites for hydroxylation is 2. The molecule has 3 heterocycles. The molecule has 162 valence electrons. The highest BCUT2D eigenvalue weighted by atomic mass is 32.1. The zero-order chi connectivity index (χ0) is 21.5. The number of fused-ring (bicyclic) bond motifs is 1. The number of rotatable bonds is 8. The standard InChI is InChI=1S/C23H27N5O2S/c1-17-25-19(16-31-17)15-30-20-8-5-4-7-18(20)10-11-23(29)24-13-12-22-27-26-21-9-3-2-6-14-28(21)22/h4-5,7-8,10-11,16H,2-3,6,9,12-15H2,1H3,(H,24,29). The number of aromatic nitrogens is 4. The lowest BCUT2D eigenvalue weighted by Crippen LogP contribution is -2.24. The van der Waals surface area contributed by atoms with E-state index in [1.807, 2.05) is 36.6 Å². The summed E-state index contributed by atoms with van der Waals surface area (Å²) in [4.78, 5) is 16.7. The number of hydrogen-bond acceptors (Lipinski definition) is 6. The van der Waals surface area contributed by atoms with Crippen LogP contribution in [0.3, 0.4) is 0 Å². The summed E-state index contributed by atoms with van der Waals surface area (Å²) in [5, 5.41) is 14.6. The molecular formula is C23H27N5O2S. The van der Waals surface area contributed by atoms with Crippen molar-refractivity contribution in [2.24, 2.45) is 0 Å². The highest BCUT2D eigenvalue weighted by Crippen LogP contribution is 2.21. The number of nitrogens with zero attached hydrogens (tertiary/aromatic N) is 4. The number of amides is 1. The summed E-state index contributed by atoms with van der Waals surface area (Å²) >= 11 is 1.61. The Morgan fingerprint density at radius 1 is 1.26 bits per heavy atom. The van der Waals surface area contributed by atoms with Crippen molar-refractivity contribution >= 4 is 23.3 Å². The van der Waals surface area contributed by atoms with Crippen molar-refractivity contribution in [2.75, 3.05) is 6.54 Å². The van der Waals surface area contributed by atoms with E-state index in [9.17, 15) is 4.79 Å². The summed E-state index contributed by atoms with van der Waals surface area (Å²) in [6, 6.07) is 7.67. The van der Waals surface area contributed by atoms with Crippen LogP contribution in [-0.2, 0) is 30.8 Å². The second-order valence-corrected chi connectivity index (χ2v) is 8.62. The van der Waals surface area contributed by atoms with E-state index in [-0.39, 0.29) is 5.91 Å². The lowest BCUT2D eigenvalue weighted by atomic mass is 10.2. The Morgan fingerprint density at radius 3 is 3.03 bits per heavy atom. The summed E-state index contributed by atoms with van der Waals surface area (Å²) < 4.78 is 8.12. The second-order valence-electron chi connectivity index (χ2n) is 7.55. The molecule has 0 fully saturated rings. The Kier molecular flexibility index (Phi) is 7.09. The van der Waals surface area contributed by atoms with Gasteiger partial charge in [0.05, 0.1) is 10.7 Å². The van der Waals surface area contributed by atoms with Crippen molar-refractivity contribution in [3.8, 4) is 5.75 Å². The van der Waals surface area contributed by atoms with Gasteiger partial charge < -0.3 is 14.6 Å². The highest BCUT2D eigenvalue weighted by Gasteiger charge is 2.14. The Balaban J connectivity index is 1.29. The first-order valence-corrected chi connectivity index (χ1v) is 11.6.